The number of halogens is 3. The normalized spacial score (nSPS) is 16.5. The van der Waals surface area contributed by atoms with Gasteiger partial charge >= 0.3 is 0 Å². The highest BCUT2D eigenvalue weighted by Crippen LogP contribution is 2.37. The van der Waals surface area contributed by atoms with Gasteiger partial charge in [-0.2, -0.15) is 0 Å². The Labute approximate surface area is 154 Å². The Hall–Kier alpha value is -0.000000000000000111. The molecular formula is C16H27BrCl2N2O. The predicted molar refractivity (Wildman–Crippen MR) is 102 cm³/mol. The summed E-state index contributed by atoms with van der Waals surface area (Å²) in [5, 5.41) is 13.8. The molecule has 1 heterocycles. The number of benzene rings is 1. The first kappa shape index (κ1) is 22.0. The van der Waals surface area contributed by atoms with E-state index < -0.39 is 0 Å². The van der Waals surface area contributed by atoms with E-state index in [-0.39, 0.29) is 24.8 Å². The SMILES string of the molecule is CCCCC[C@H](c1cccc(Br)c1O)N1CCNCC1.Cl.Cl. The molecule has 2 rings (SSSR count). The van der Waals surface area contributed by atoms with Crippen molar-refractivity contribution in [2.75, 3.05) is 26.2 Å². The highest BCUT2D eigenvalue weighted by atomic mass is 79.9. The molecule has 22 heavy (non-hydrogen) atoms. The van der Waals surface area contributed by atoms with Gasteiger partial charge in [0.15, 0.2) is 0 Å². The van der Waals surface area contributed by atoms with E-state index in [4.69, 9.17) is 0 Å². The van der Waals surface area contributed by atoms with Crippen LogP contribution in [-0.4, -0.2) is 36.2 Å². The van der Waals surface area contributed by atoms with Crippen LogP contribution in [0.2, 0.25) is 0 Å². The number of para-hydroxylation sites is 1. The number of rotatable bonds is 6. The van der Waals surface area contributed by atoms with Gasteiger partial charge in [0.2, 0.25) is 0 Å². The van der Waals surface area contributed by atoms with Crippen molar-refractivity contribution >= 4 is 40.7 Å². The second-order valence-corrected chi connectivity index (χ2v) is 6.33. The lowest BCUT2D eigenvalue weighted by Crippen LogP contribution is -2.45. The van der Waals surface area contributed by atoms with Gasteiger partial charge in [-0.1, -0.05) is 38.3 Å². The number of piperazine rings is 1. The highest BCUT2D eigenvalue weighted by Gasteiger charge is 2.24. The molecule has 0 amide bonds. The van der Waals surface area contributed by atoms with Crippen molar-refractivity contribution in [2.45, 2.75) is 38.6 Å². The molecule has 1 fully saturated rings. The summed E-state index contributed by atoms with van der Waals surface area (Å²) in [6.07, 6.45) is 4.84. The second-order valence-electron chi connectivity index (χ2n) is 5.48. The van der Waals surface area contributed by atoms with Crippen LogP contribution in [0.15, 0.2) is 22.7 Å². The average molecular weight is 414 g/mol. The van der Waals surface area contributed by atoms with E-state index in [1.165, 1.54) is 19.3 Å². The van der Waals surface area contributed by atoms with Gasteiger partial charge in [0.05, 0.1) is 4.47 Å². The minimum absolute atomic E-state index is 0. The Balaban J connectivity index is 0.00000220. The lowest BCUT2D eigenvalue weighted by Gasteiger charge is -2.35. The standard InChI is InChI=1S/C16H25BrN2O.2ClH/c1-2-3-4-8-15(19-11-9-18-10-12-19)13-6-5-7-14(17)16(13)20;;/h5-7,15,18,20H,2-4,8-12H2,1H3;2*1H/t15-;;/m1../s1. The number of nitrogens with zero attached hydrogens (tertiary/aromatic N) is 1. The predicted octanol–water partition coefficient (Wildman–Crippen LogP) is 4.52. The number of phenols is 1. The highest BCUT2D eigenvalue weighted by molar-refractivity contribution is 9.10. The van der Waals surface area contributed by atoms with Crippen molar-refractivity contribution in [1.29, 1.82) is 0 Å². The van der Waals surface area contributed by atoms with E-state index in [1.807, 2.05) is 12.1 Å². The van der Waals surface area contributed by atoms with E-state index in [2.05, 4.69) is 39.1 Å². The van der Waals surface area contributed by atoms with Crippen LogP contribution in [0.25, 0.3) is 0 Å². The van der Waals surface area contributed by atoms with Crippen molar-refractivity contribution in [3.05, 3.63) is 28.2 Å². The summed E-state index contributed by atoms with van der Waals surface area (Å²) in [5.41, 5.74) is 1.07. The third-order valence-corrected chi connectivity index (χ3v) is 4.69. The fourth-order valence-corrected chi connectivity index (χ4v) is 3.30. The summed E-state index contributed by atoms with van der Waals surface area (Å²) in [5.74, 6) is 0.410. The van der Waals surface area contributed by atoms with Gasteiger partial charge in [0.1, 0.15) is 5.75 Å². The molecule has 0 bridgehead atoms. The Bertz CT molecular complexity index is 429. The minimum atomic E-state index is 0. The van der Waals surface area contributed by atoms with E-state index in [9.17, 15) is 5.11 Å². The zero-order chi connectivity index (χ0) is 14.4. The Morgan fingerprint density at radius 3 is 2.55 bits per heavy atom. The van der Waals surface area contributed by atoms with E-state index in [0.29, 0.717) is 11.8 Å². The lowest BCUT2D eigenvalue weighted by molar-refractivity contribution is 0.160. The summed E-state index contributed by atoms with van der Waals surface area (Å²) < 4.78 is 0.797. The number of hydrogen-bond acceptors (Lipinski definition) is 3. The Morgan fingerprint density at radius 2 is 1.91 bits per heavy atom. The molecule has 0 aliphatic carbocycles. The van der Waals surface area contributed by atoms with Gasteiger partial charge < -0.3 is 10.4 Å². The first-order chi connectivity index (χ1) is 9.74. The summed E-state index contributed by atoms with van der Waals surface area (Å²) in [4.78, 5) is 2.51. The molecule has 1 aliphatic heterocycles. The molecule has 1 atom stereocenters. The van der Waals surface area contributed by atoms with Gasteiger partial charge in [-0.05, 0) is 28.4 Å². The quantitative estimate of drug-likeness (QED) is 0.672. The van der Waals surface area contributed by atoms with Crippen molar-refractivity contribution in [3.8, 4) is 5.75 Å². The van der Waals surface area contributed by atoms with E-state index >= 15 is 0 Å². The number of aromatic hydroxyl groups is 1. The van der Waals surface area contributed by atoms with Crippen molar-refractivity contribution in [1.82, 2.24) is 10.2 Å². The summed E-state index contributed by atoms with van der Waals surface area (Å²) in [6.45, 7) is 6.43. The summed E-state index contributed by atoms with van der Waals surface area (Å²) in [7, 11) is 0. The largest absolute Gasteiger partial charge is 0.506 e. The number of nitrogens with one attached hydrogen (secondary N) is 1. The summed E-state index contributed by atoms with van der Waals surface area (Å²) in [6, 6.07) is 6.33. The van der Waals surface area contributed by atoms with Crippen LogP contribution < -0.4 is 5.32 Å². The van der Waals surface area contributed by atoms with Gasteiger partial charge in [-0.15, -0.1) is 24.8 Å². The molecule has 0 aromatic heterocycles. The van der Waals surface area contributed by atoms with Crippen LogP contribution >= 0.6 is 40.7 Å². The molecule has 0 saturated carbocycles. The molecule has 6 heteroatoms. The zero-order valence-electron chi connectivity index (χ0n) is 13.1. The lowest BCUT2D eigenvalue weighted by atomic mass is 9.97. The fourth-order valence-electron chi connectivity index (χ4n) is 2.92. The smallest absolute Gasteiger partial charge is 0.134 e. The maximum atomic E-state index is 10.4. The van der Waals surface area contributed by atoms with Crippen LogP contribution in [0.3, 0.4) is 0 Å². The third kappa shape index (κ3) is 5.89. The van der Waals surface area contributed by atoms with Crippen molar-refractivity contribution in [2.24, 2.45) is 0 Å². The van der Waals surface area contributed by atoms with Gasteiger partial charge in [0, 0.05) is 37.8 Å². The van der Waals surface area contributed by atoms with E-state index in [0.717, 1.165) is 42.6 Å². The third-order valence-electron chi connectivity index (χ3n) is 4.05. The topological polar surface area (TPSA) is 35.5 Å². The van der Waals surface area contributed by atoms with Crippen molar-refractivity contribution in [3.63, 3.8) is 0 Å². The Morgan fingerprint density at radius 1 is 1.23 bits per heavy atom. The molecule has 1 aromatic rings. The van der Waals surface area contributed by atoms with Gasteiger partial charge in [-0.25, -0.2) is 0 Å². The Kier molecular flexibility index (Phi) is 11.5. The molecular weight excluding hydrogens is 387 g/mol. The minimum Gasteiger partial charge on any atom is -0.506 e. The molecule has 0 unspecified atom stereocenters. The number of phenolic OH excluding ortho intramolecular Hbond substituents is 1. The first-order valence-corrected chi connectivity index (χ1v) is 8.45. The monoisotopic (exact) mass is 412 g/mol. The fraction of sp³-hybridized carbons (Fsp3) is 0.625. The molecule has 1 saturated heterocycles. The van der Waals surface area contributed by atoms with Crippen LogP contribution in [0.1, 0.15) is 44.2 Å². The maximum Gasteiger partial charge on any atom is 0.134 e. The second kappa shape index (κ2) is 11.5. The van der Waals surface area contributed by atoms with Crippen molar-refractivity contribution < 1.29 is 5.11 Å². The molecule has 3 nitrogen and oxygen atoms in total. The van der Waals surface area contributed by atoms with Crippen LogP contribution in [0.5, 0.6) is 5.75 Å². The number of unbranched alkanes of at least 4 members (excludes halogenated alkanes) is 2. The molecule has 0 spiro atoms. The molecule has 1 aromatic carbocycles. The summed E-state index contributed by atoms with van der Waals surface area (Å²) >= 11 is 3.44. The molecule has 2 N–H and O–H groups in total. The van der Waals surface area contributed by atoms with Gasteiger partial charge in [0.25, 0.3) is 0 Å². The van der Waals surface area contributed by atoms with Gasteiger partial charge in [-0.3, -0.25) is 4.90 Å². The molecule has 1 aliphatic rings. The molecule has 0 radical (unpaired) electrons. The van der Waals surface area contributed by atoms with Crippen LogP contribution in [-0.2, 0) is 0 Å². The maximum absolute atomic E-state index is 10.4. The van der Waals surface area contributed by atoms with Crippen LogP contribution in [0.4, 0.5) is 0 Å². The van der Waals surface area contributed by atoms with E-state index in [1.54, 1.807) is 0 Å². The first-order valence-electron chi connectivity index (χ1n) is 7.66. The number of hydrogen-bond donors (Lipinski definition) is 2. The average Bonchev–Trinajstić information content (AvgIpc) is 2.48. The molecule has 128 valence electrons. The zero-order valence-corrected chi connectivity index (χ0v) is 16.3. The van der Waals surface area contributed by atoms with Crippen LogP contribution in [0, 0.1) is 0 Å².